The molecule has 0 bridgehead atoms. The van der Waals surface area contributed by atoms with E-state index in [1.165, 1.54) is 62.5 Å². The fraction of sp³-hybridized carbons (Fsp3) is 0.667. The predicted octanol–water partition coefficient (Wildman–Crippen LogP) is 4.51. The predicted molar refractivity (Wildman–Crippen MR) is 106 cm³/mol. The number of amides is 1. The lowest BCUT2D eigenvalue weighted by atomic mass is 9.92. The number of aryl methyl sites for hydroxylation is 2. The molecule has 1 aromatic carbocycles. The van der Waals surface area contributed by atoms with Crippen molar-refractivity contribution in [3.8, 4) is 5.75 Å². The SMILES string of the molecule is C[C@H](Oc1ccc2c(c1)CCCC2)C(=O)NCCSC1CCCCC1. The molecular weight excluding hydrogens is 330 g/mol. The van der Waals surface area contributed by atoms with Crippen LogP contribution in [0.3, 0.4) is 0 Å². The summed E-state index contributed by atoms with van der Waals surface area (Å²) in [6.45, 7) is 2.57. The molecule has 0 unspecified atom stereocenters. The van der Waals surface area contributed by atoms with Gasteiger partial charge in [0.2, 0.25) is 0 Å². The zero-order valence-electron chi connectivity index (χ0n) is 15.4. The van der Waals surface area contributed by atoms with Crippen molar-refractivity contribution in [2.75, 3.05) is 12.3 Å². The van der Waals surface area contributed by atoms with Gasteiger partial charge in [-0.1, -0.05) is 25.3 Å². The van der Waals surface area contributed by atoms with Crippen LogP contribution in [0.5, 0.6) is 5.75 Å². The molecule has 3 nitrogen and oxygen atoms in total. The van der Waals surface area contributed by atoms with Crippen molar-refractivity contribution in [1.29, 1.82) is 0 Å². The van der Waals surface area contributed by atoms with Gasteiger partial charge in [-0.25, -0.2) is 0 Å². The maximum Gasteiger partial charge on any atom is 0.260 e. The van der Waals surface area contributed by atoms with Crippen molar-refractivity contribution in [2.24, 2.45) is 0 Å². The van der Waals surface area contributed by atoms with E-state index in [9.17, 15) is 4.79 Å². The lowest BCUT2D eigenvalue weighted by Crippen LogP contribution is -2.37. The van der Waals surface area contributed by atoms with Crippen LogP contribution >= 0.6 is 11.8 Å². The first kappa shape index (κ1) is 18.6. The van der Waals surface area contributed by atoms with E-state index in [1.807, 2.05) is 24.8 Å². The second-order valence-electron chi connectivity index (χ2n) is 7.32. The largest absolute Gasteiger partial charge is 0.481 e. The Hall–Kier alpha value is -1.16. The minimum atomic E-state index is -0.443. The fourth-order valence-electron chi connectivity index (χ4n) is 3.82. The molecule has 1 N–H and O–H groups in total. The molecule has 2 aliphatic rings. The zero-order chi connectivity index (χ0) is 17.5. The second kappa shape index (κ2) is 9.51. The number of carbonyl (C=O) groups is 1. The first-order chi connectivity index (χ1) is 12.2. The molecule has 0 aromatic heterocycles. The van der Waals surface area contributed by atoms with Crippen molar-refractivity contribution in [3.63, 3.8) is 0 Å². The lowest BCUT2D eigenvalue weighted by molar-refractivity contribution is -0.127. The van der Waals surface area contributed by atoms with E-state index in [-0.39, 0.29) is 5.91 Å². The molecule has 3 rings (SSSR count). The Morgan fingerprint density at radius 1 is 1.16 bits per heavy atom. The quantitative estimate of drug-likeness (QED) is 0.726. The third-order valence-corrected chi connectivity index (χ3v) is 6.69. The van der Waals surface area contributed by atoms with Gasteiger partial charge >= 0.3 is 0 Å². The van der Waals surface area contributed by atoms with Crippen molar-refractivity contribution >= 4 is 17.7 Å². The first-order valence-corrected chi connectivity index (χ1v) is 10.9. The van der Waals surface area contributed by atoms with Crippen LogP contribution in [0.15, 0.2) is 18.2 Å². The Kier molecular flexibility index (Phi) is 7.09. The van der Waals surface area contributed by atoms with E-state index in [4.69, 9.17) is 4.74 Å². The molecular formula is C21H31NO2S. The van der Waals surface area contributed by atoms with Crippen LogP contribution in [0.2, 0.25) is 0 Å². The Labute approximate surface area is 156 Å². The molecule has 0 spiro atoms. The second-order valence-corrected chi connectivity index (χ2v) is 8.73. The van der Waals surface area contributed by atoms with Crippen LogP contribution < -0.4 is 10.1 Å². The van der Waals surface area contributed by atoms with Crippen molar-refractivity contribution < 1.29 is 9.53 Å². The summed E-state index contributed by atoms with van der Waals surface area (Å²) in [5.74, 6) is 1.81. The van der Waals surface area contributed by atoms with Gasteiger partial charge in [-0.05, 0) is 68.7 Å². The standard InChI is InChI=1S/C21H31NO2S/c1-16(21(23)22-13-14-25-20-9-3-2-4-10-20)24-19-12-11-17-7-5-6-8-18(17)15-19/h11-12,15-16,20H,2-10,13-14H2,1H3,(H,22,23)/t16-/m0/s1. The van der Waals surface area contributed by atoms with Gasteiger partial charge in [-0.3, -0.25) is 4.79 Å². The number of nitrogens with one attached hydrogen (secondary N) is 1. The van der Waals surface area contributed by atoms with Crippen molar-refractivity contribution in [3.05, 3.63) is 29.3 Å². The van der Waals surface area contributed by atoms with Crippen molar-refractivity contribution in [1.82, 2.24) is 5.32 Å². The number of hydrogen-bond donors (Lipinski definition) is 1. The molecule has 1 fully saturated rings. The van der Waals surface area contributed by atoms with Crippen molar-refractivity contribution in [2.45, 2.75) is 76.1 Å². The minimum absolute atomic E-state index is 0.0121. The topological polar surface area (TPSA) is 38.3 Å². The molecule has 0 heterocycles. The fourth-order valence-corrected chi connectivity index (χ4v) is 5.04. The summed E-state index contributed by atoms with van der Waals surface area (Å²) < 4.78 is 5.87. The lowest BCUT2D eigenvalue weighted by Gasteiger charge is -2.21. The summed E-state index contributed by atoms with van der Waals surface area (Å²) in [7, 11) is 0. The Morgan fingerprint density at radius 2 is 1.92 bits per heavy atom. The Bertz CT molecular complexity index is 569. The number of fused-ring (bicyclic) bond motifs is 1. The maximum atomic E-state index is 12.2. The molecule has 25 heavy (non-hydrogen) atoms. The van der Waals surface area contributed by atoms with Crippen LogP contribution in [0.25, 0.3) is 0 Å². The van der Waals surface area contributed by atoms with Gasteiger partial charge < -0.3 is 10.1 Å². The highest BCUT2D eigenvalue weighted by molar-refractivity contribution is 7.99. The number of ether oxygens (including phenoxy) is 1. The van der Waals surface area contributed by atoms with Gasteiger partial charge in [0.15, 0.2) is 6.10 Å². The first-order valence-electron chi connectivity index (χ1n) is 9.90. The highest BCUT2D eigenvalue weighted by atomic mass is 32.2. The van der Waals surface area contributed by atoms with Gasteiger partial charge in [0.1, 0.15) is 5.75 Å². The van der Waals surface area contributed by atoms with Gasteiger partial charge in [-0.2, -0.15) is 11.8 Å². The third-order valence-electron chi connectivity index (χ3n) is 5.31. The van der Waals surface area contributed by atoms with Crippen LogP contribution in [0.1, 0.15) is 63.0 Å². The summed E-state index contributed by atoms with van der Waals surface area (Å²) in [5.41, 5.74) is 2.83. The number of benzene rings is 1. The minimum Gasteiger partial charge on any atom is -0.481 e. The molecule has 4 heteroatoms. The Balaban J connectivity index is 1.38. The molecule has 138 valence electrons. The van der Waals surface area contributed by atoms with Crippen LogP contribution in [-0.2, 0) is 17.6 Å². The summed E-state index contributed by atoms with van der Waals surface area (Å²) >= 11 is 2.01. The Morgan fingerprint density at radius 3 is 2.72 bits per heavy atom. The highest BCUT2D eigenvalue weighted by Gasteiger charge is 2.17. The van der Waals surface area contributed by atoms with E-state index < -0.39 is 6.10 Å². The van der Waals surface area contributed by atoms with Crippen LogP contribution in [-0.4, -0.2) is 29.6 Å². The summed E-state index contributed by atoms with van der Waals surface area (Å²) in [5, 5.41) is 3.82. The highest BCUT2D eigenvalue weighted by Crippen LogP contribution is 2.28. The van der Waals surface area contributed by atoms with Gasteiger partial charge in [0, 0.05) is 17.5 Å². The average molecular weight is 362 g/mol. The normalized spacial score (nSPS) is 19.1. The van der Waals surface area contributed by atoms with E-state index in [2.05, 4.69) is 17.4 Å². The van der Waals surface area contributed by atoms with E-state index in [0.29, 0.717) is 0 Å². The monoisotopic (exact) mass is 361 g/mol. The molecule has 1 aromatic rings. The van der Waals surface area contributed by atoms with Gasteiger partial charge in [0.25, 0.3) is 5.91 Å². The van der Waals surface area contributed by atoms with Crippen LogP contribution in [0, 0.1) is 0 Å². The molecule has 2 aliphatic carbocycles. The maximum absolute atomic E-state index is 12.2. The van der Waals surface area contributed by atoms with Gasteiger partial charge in [-0.15, -0.1) is 0 Å². The summed E-state index contributed by atoms with van der Waals surface area (Å²) in [6, 6.07) is 6.29. The smallest absolute Gasteiger partial charge is 0.260 e. The van der Waals surface area contributed by atoms with E-state index in [0.717, 1.165) is 29.7 Å². The molecule has 1 saturated carbocycles. The molecule has 0 radical (unpaired) electrons. The molecule has 1 amide bonds. The van der Waals surface area contributed by atoms with E-state index in [1.54, 1.807) is 0 Å². The average Bonchev–Trinajstić information content (AvgIpc) is 2.65. The number of rotatable bonds is 7. The third kappa shape index (κ3) is 5.67. The zero-order valence-corrected chi connectivity index (χ0v) is 16.2. The van der Waals surface area contributed by atoms with E-state index >= 15 is 0 Å². The number of thioether (sulfide) groups is 1. The summed E-state index contributed by atoms with van der Waals surface area (Å²) in [4.78, 5) is 12.2. The van der Waals surface area contributed by atoms with Gasteiger partial charge in [0.05, 0.1) is 0 Å². The summed E-state index contributed by atoms with van der Waals surface area (Å²) in [6.07, 6.45) is 11.2. The number of carbonyl (C=O) groups excluding carboxylic acids is 1. The molecule has 0 aliphatic heterocycles. The molecule has 0 saturated heterocycles. The van der Waals surface area contributed by atoms with Crippen LogP contribution in [0.4, 0.5) is 0 Å². The molecule has 1 atom stereocenters. The number of hydrogen-bond acceptors (Lipinski definition) is 3.